The summed E-state index contributed by atoms with van der Waals surface area (Å²) >= 11 is 0. The number of likely N-dealkylation sites (N-methyl/N-ethyl adjacent to an activating group) is 1. The molecule has 5 rings (SSSR count). The molecule has 224 valence electrons. The number of piperidine rings is 1. The Hall–Kier alpha value is -3.11. The molecule has 10 nitrogen and oxygen atoms in total. The van der Waals surface area contributed by atoms with E-state index in [0.29, 0.717) is 36.5 Å². The number of amides is 1. The van der Waals surface area contributed by atoms with E-state index in [2.05, 4.69) is 10.2 Å². The van der Waals surface area contributed by atoms with Gasteiger partial charge in [-0.3, -0.25) is 9.59 Å². The van der Waals surface area contributed by atoms with Crippen molar-refractivity contribution in [1.29, 1.82) is 0 Å². The van der Waals surface area contributed by atoms with Crippen molar-refractivity contribution in [3.8, 4) is 11.5 Å². The third-order valence-electron chi connectivity index (χ3n) is 8.99. The van der Waals surface area contributed by atoms with Crippen LogP contribution in [0, 0.1) is 5.92 Å². The summed E-state index contributed by atoms with van der Waals surface area (Å²) in [7, 11) is 3.62. The Balaban J connectivity index is 1.31. The van der Waals surface area contributed by atoms with Crippen molar-refractivity contribution >= 4 is 17.8 Å². The number of nitrogens with one attached hydrogen (secondary N) is 1. The predicted octanol–water partition coefficient (Wildman–Crippen LogP) is 2.78. The minimum absolute atomic E-state index is 0.106. The zero-order valence-corrected chi connectivity index (χ0v) is 25.0. The molecule has 2 heterocycles. The molecule has 1 aromatic carbocycles. The fourth-order valence-corrected chi connectivity index (χ4v) is 7.09. The Kier molecular flexibility index (Phi) is 7.39. The number of rotatable bonds is 8. The average molecular weight is 571 g/mol. The van der Waals surface area contributed by atoms with Crippen LogP contribution in [0.1, 0.15) is 71.4 Å². The molecule has 1 spiro atoms. The first-order chi connectivity index (χ1) is 19.2. The van der Waals surface area contributed by atoms with Gasteiger partial charge in [0.1, 0.15) is 17.4 Å². The molecule has 1 amide bonds. The molecule has 10 heteroatoms. The summed E-state index contributed by atoms with van der Waals surface area (Å²) in [6.07, 6.45) is 2.37. The molecule has 1 saturated heterocycles. The van der Waals surface area contributed by atoms with Crippen molar-refractivity contribution in [3.63, 3.8) is 0 Å². The van der Waals surface area contributed by atoms with Gasteiger partial charge in [-0.25, -0.2) is 4.79 Å². The van der Waals surface area contributed by atoms with Crippen LogP contribution in [0.5, 0.6) is 11.5 Å². The number of carbonyl (C=O) groups is 3. The van der Waals surface area contributed by atoms with Crippen molar-refractivity contribution in [2.75, 3.05) is 20.7 Å². The van der Waals surface area contributed by atoms with E-state index in [1.807, 2.05) is 33.0 Å². The summed E-state index contributed by atoms with van der Waals surface area (Å²) in [5.41, 5.74) is -0.494. The molecule has 41 heavy (non-hydrogen) atoms. The lowest BCUT2D eigenvalue weighted by atomic mass is 9.50. The molecule has 2 N–H and O–H groups in total. The third kappa shape index (κ3) is 4.78. The molecule has 5 atom stereocenters. The van der Waals surface area contributed by atoms with Crippen LogP contribution in [-0.4, -0.2) is 77.9 Å². The van der Waals surface area contributed by atoms with Gasteiger partial charge in [-0.15, -0.1) is 0 Å². The van der Waals surface area contributed by atoms with Crippen molar-refractivity contribution in [2.45, 2.75) is 102 Å². The molecular weight excluding hydrogens is 528 g/mol. The van der Waals surface area contributed by atoms with Gasteiger partial charge in [0.15, 0.2) is 17.6 Å². The molecule has 0 saturated carbocycles. The first kappa shape index (κ1) is 29.4. The Morgan fingerprint density at radius 2 is 1.95 bits per heavy atom. The number of ether oxygens (including phenoxy) is 4. The molecule has 0 unspecified atom stereocenters. The number of aliphatic hydroxyl groups is 1. The molecular formula is C31H42N2O8. The maximum Gasteiger partial charge on any atom is 0.329 e. The van der Waals surface area contributed by atoms with Crippen LogP contribution in [-0.2, 0) is 35.7 Å². The molecule has 1 aromatic rings. The largest absolute Gasteiger partial charge is 0.493 e. The number of methoxy groups -OCH3 is 1. The highest BCUT2D eigenvalue weighted by atomic mass is 16.6. The maximum absolute atomic E-state index is 13.0. The summed E-state index contributed by atoms with van der Waals surface area (Å²) in [5.74, 6) is -0.202. The first-order valence-corrected chi connectivity index (χ1v) is 14.4. The molecule has 4 aliphatic rings. The van der Waals surface area contributed by atoms with Gasteiger partial charge < -0.3 is 34.3 Å². The fraction of sp³-hybridized carbons (Fsp3) is 0.645. The third-order valence-corrected chi connectivity index (χ3v) is 8.99. The van der Waals surface area contributed by atoms with E-state index in [4.69, 9.17) is 18.9 Å². The Morgan fingerprint density at radius 3 is 2.61 bits per heavy atom. The van der Waals surface area contributed by atoms with Crippen molar-refractivity contribution < 1.29 is 38.4 Å². The quantitative estimate of drug-likeness (QED) is 0.454. The topological polar surface area (TPSA) is 124 Å². The number of hydrogen-bond donors (Lipinski definition) is 2. The lowest BCUT2D eigenvalue weighted by molar-refractivity contribution is -0.169. The Morgan fingerprint density at radius 1 is 1.22 bits per heavy atom. The minimum atomic E-state index is -1.10. The number of likely N-dealkylation sites (tertiary alicyclic amines) is 1. The van der Waals surface area contributed by atoms with Crippen LogP contribution in [0.15, 0.2) is 24.0 Å². The van der Waals surface area contributed by atoms with Gasteiger partial charge >= 0.3 is 11.9 Å². The normalized spacial score (nSPS) is 28.7. The van der Waals surface area contributed by atoms with Gasteiger partial charge in [0.05, 0.1) is 24.5 Å². The second-order valence-electron chi connectivity index (χ2n) is 13.1. The summed E-state index contributed by atoms with van der Waals surface area (Å²) in [6, 6.07) is 3.00. The standard InChI is InChI=1S/C31H42N2O8/c1-17(2)25(28(36)41-29(3,4)5)32-22(34)10-11-23(35)39-20-12-13-31(37)21-16-18-8-9-19(38-7)26-24(18)30(31,27(20)40-26)14-15-33(21)6/h8-9,12,17,21,25,27,37H,10-11,13-16H2,1-7H3,(H,32,34)/t21-,25+,27+,30+,31-/m1/s1. The molecule has 0 radical (unpaired) electrons. The second kappa shape index (κ2) is 10.3. The summed E-state index contributed by atoms with van der Waals surface area (Å²) in [4.78, 5) is 40.5. The van der Waals surface area contributed by atoms with Crippen LogP contribution < -0.4 is 14.8 Å². The molecule has 2 bridgehead atoms. The van der Waals surface area contributed by atoms with Crippen molar-refractivity contribution in [1.82, 2.24) is 10.2 Å². The number of nitrogens with zero attached hydrogens (tertiary/aromatic N) is 1. The van der Waals surface area contributed by atoms with Gasteiger partial charge in [0.25, 0.3) is 0 Å². The van der Waals surface area contributed by atoms with E-state index in [1.54, 1.807) is 34.0 Å². The van der Waals surface area contributed by atoms with E-state index >= 15 is 0 Å². The molecule has 0 aromatic heterocycles. The van der Waals surface area contributed by atoms with Gasteiger partial charge in [-0.1, -0.05) is 19.9 Å². The number of esters is 2. The van der Waals surface area contributed by atoms with E-state index in [1.165, 1.54) is 0 Å². The zero-order chi connectivity index (χ0) is 29.9. The lowest BCUT2D eigenvalue weighted by Gasteiger charge is -2.61. The van der Waals surface area contributed by atoms with E-state index in [9.17, 15) is 19.5 Å². The van der Waals surface area contributed by atoms with E-state index in [-0.39, 0.29) is 24.8 Å². The predicted molar refractivity (Wildman–Crippen MR) is 149 cm³/mol. The van der Waals surface area contributed by atoms with Gasteiger partial charge in [-0.05, 0) is 70.8 Å². The fourth-order valence-electron chi connectivity index (χ4n) is 7.09. The summed E-state index contributed by atoms with van der Waals surface area (Å²) in [5, 5.41) is 15.0. The molecule has 2 aliphatic heterocycles. The number of carbonyl (C=O) groups excluding carboxylic acids is 3. The Labute approximate surface area is 241 Å². The number of benzene rings is 1. The summed E-state index contributed by atoms with van der Waals surface area (Å²) in [6.45, 7) is 9.70. The minimum Gasteiger partial charge on any atom is -0.493 e. The van der Waals surface area contributed by atoms with Crippen molar-refractivity contribution in [3.05, 3.63) is 35.1 Å². The highest BCUT2D eigenvalue weighted by Crippen LogP contribution is 2.65. The SMILES string of the molecule is COc1ccc2c3c1O[C@H]1C(OC(=O)CCC(=O)N[C@H](C(=O)OC(C)(C)C)C(C)C)=CC[C@@]4(O)[C@@H](C2)N(C)CC[C@]314. The van der Waals surface area contributed by atoms with Crippen LogP contribution in [0.3, 0.4) is 0 Å². The van der Waals surface area contributed by atoms with E-state index in [0.717, 1.165) is 17.7 Å². The molecule has 1 fully saturated rings. The monoisotopic (exact) mass is 570 g/mol. The first-order valence-electron chi connectivity index (χ1n) is 14.4. The maximum atomic E-state index is 13.0. The Bertz CT molecular complexity index is 1280. The van der Waals surface area contributed by atoms with E-state index < -0.39 is 46.6 Å². The van der Waals surface area contributed by atoms with Crippen LogP contribution in [0.25, 0.3) is 0 Å². The van der Waals surface area contributed by atoms with Gasteiger partial charge in [0.2, 0.25) is 5.91 Å². The van der Waals surface area contributed by atoms with Gasteiger partial charge in [-0.2, -0.15) is 0 Å². The average Bonchev–Trinajstić information content (AvgIpc) is 3.24. The van der Waals surface area contributed by atoms with Crippen LogP contribution in [0.4, 0.5) is 0 Å². The lowest BCUT2D eigenvalue weighted by Crippen LogP contribution is -2.74. The summed E-state index contributed by atoms with van der Waals surface area (Å²) < 4.78 is 23.4. The highest BCUT2D eigenvalue weighted by Gasteiger charge is 2.72. The number of hydrogen-bond acceptors (Lipinski definition) is 9. The highest BCUT2D eigenvalue weighted by molar-refractivity contribution is 5.87. The van der Waals surface area contributed by atoms with Crippen molar-refractivity contribution in [2.24, 2.45) is 5.92 Å². The molecule has 2 aliphatic carbocycles. The van der Waals surface area contributed by atoms with Gasteiger partial charge in [0, 0.05) is 24.4 Å². The van der Waals surface area contributed by atoms with Crippen LogP contribution in [0.2, 0.25) is 0 Å². The smallest absolute Gasteiger partial charge is 0.329 e. The zero-order valence-electron chi connectivity index (χ0n) is 25.0. The van der Waals surface area contributed by atoms with Crippen LogP contribution >= 0.6 is 0 Å². The second-order valence-corrected chi connectivity index (χ2v) is 13.1.